The number of hydrogen-bond acceptors (Lipinski definition) is 12. The number of aliphatic hydroxyl groups is 3. The first-order chi connectivity index (χ1) is 32.3. The van der Waals surface area contributed by atoms with E-state index in [0.717, 1.165) is 37.7 Å². The van der Waals surface area contributed by atoms with Crippen LogP contribution in [0, 0.1) is 47.3 Å². The number of aliphatic hydroxyl groups excluding tert-OH is 2. The molecular formula is C55H85NO12. The zero-order valence-electron chi connectivity index (χ0n) is 42.8. The average molecular weight is 952 g/mol. The van der Waals surface area contributed by atoms with E-state index in [1.807, 2.05) is 71.9 Å². The molecule has 0 aromatic carbocycles. The molecular weight excluding hydrogens is 867 g/mol. The summed E-state index contributed by atoms with van der Waals surface area (Å²) in [5.74, 6) is -0.879. The van der Waals surface area contributed by atoms with E-state index in [-0.39, 0.29) is 49.7 Å². The first-order valence-electron chi connectivity index (χ1n) is 25.5. The molecule has 3 aliphatic heterocycles. The molecule has 3 heterocycles. The fraction of sp³-hybridized carbons (Fsp3) is 0.745. The Kier molecular flexibility index (Phi) is 23.3. The monoisotopic (exact) mass is 952 g/mol. The lowest BCUT2D eigenvalue weighted by Crippen LogP contribution is -2.61. The molecule has 1 unspecified atom stereocenters. The molecule has 2 saturated heterocycles. The summed E-state index contributed by atoms with van der Waals surface area (Å²) in [4.78, 5) is 58.2. The van der Waals surface area contributed by atoms with E-state index in [9.17, 15) is 34.5 Å². The maximum absolute atomic E-state index is 14.5. The highest BCUT2D eigenvalue weighted by atomic mass is 16.6. The van der Waals surface area contributed by atoms with Gasteiger partial charge in [-0.1, -0.05) is 96.8 Å². The van der Waals surface area contributed by atoms with Crippen LogP contribution in [-0.2, 0) is 42.9 Å². The summed E-state index contributed by atoms with van der Waals surface area (Å²) in [7, 11) is 3.14. The maximum Gasteiger partial charge on any atom is 0.329 e. The molecule has 0 spiro atoms. The van der Waals surface area contributed by atoms with Gasteiger partial charge in [-0.3, -0.25) is 14.4 Å². The molecule has 15 atom stereocenters. The molecule has 3 N–H and O–H groups in total. The van der Waals surface area contributed by atoms with E-state index < -0.39 is 83.9 Å². The number of fused-ring (bicyclic) bond motifs is 3. The van der Waals surface area contributed by atoms with Crippen molar-refractivity contribution in [1.29, 1.82) is 0 Å². The molecule has 0 aromatic rings. The Balaban J connectivity index is 1.72. The van der Waals surface area contributed by atoms with Gasteiger partial charge in [-0.2, -0.15) is 0 Å². The van der Waals surface area contributed by atoms with Crippen LogP contribution >= 0.6 is 0 Å². The van der Waals surface area contributed by atoms with Gasteiger partial charge < -0.3 is 43.9 Å². The molecule has 3 fully saturated rings. The predicted octanol–water partition coefficient (Wildman–Crippen LogP) is 7.79. The van der Waals surface area contributed by atoms with Gasteiger partial charge in [0.05, 0.1) is 24.4 Å². The number of rotatable bonds is 7. The van der Waals surface area contributed by atoms with Crippen molar-refractivity contribution in [3.63, 3.8) is 0 Å². The number of carbonyl (C=O) groups excluding carboxylic acids is 4. The van der Waals surface area contributed by atoms with Crippen molar-refractivity contribution in [3.8, 4) is 11.8 Å². The van der Waals surface area contributed by atoms with Crippen LogP contribution in [0.3, 0.4) is 0 Å². The Morgan fingerprint density at radius 2 is 1.62 bits per heavy atom. The third-order valence-corrected chi connectivity index (χ3v) is 14.9. The minimum atomic E-state index is -2.43. The lowest BCUT2D eigenvalue weighted by atomic mass is 9.79. The molecule has 4 rings (SSSR count). The normalized spacial score (nSPS) is 38.9. The van der Waals surface area contributed by atoms with Gasteiger partial charge in [0.25, 0.3) is 11.7 Å². The number of allylic oxidation sites excluding steroid dienone is 5. The number of Topliss-reactive ketones (excluding diaryl/α,β-unsaturated/α-hetero) is 2. The molecule has 1 amide bonds. The van der Waals surface area contributed by atoms with Gasteiger partial charge in [-0.25, -0.2) is 4.79 Å². The number of ketones is 2. The van der Waals surface area contributed by atoms with Crippen molar-refractivity contribution in [2.45, 2.75) is 200 Å². The standard InChI is InChI=1S/C55H85NO12/c1-11-12-18-28-66-47-33-44-26-25-41(8)55(63,68-44)52(60)53(61)56-27-17-16-24-45(56)54(62)67-48(38(5)31-42-22-19-23-43(32-42)64-9)34-46(57)37(4)30-40(7)50(59)51(65-10)49(58)39(6)29-35(2)20-14-13-15-21-36(47)3/h13-15,20-21,30,35,37-39,41-48,50-51,57,59,63H,11,16-17,19,22-29,31-34H2,1-10H3/b15-13+,20-14-,36-21+,40-30+/t35-,37-,38-,39-,41-,42?,43+,44+,45+,46+,47+,48+,50-,51+,55-/m1/s1. The van der Waals surface area contributed by atoms with Crippen molar-refractivity contribution in [1.82, 2.24) is 4.90 Å². The summed E-state index contributed by atoms with van der Waals surface area (Å²) >= 11 is 0. The predicted molar refractivity (Wildman–Crippen MR) is 262 cm³/mol. The lowest BCUT2D eigenvalue weighted by Gasteiger charge is -2.43. The molecule has 1 aliphatic carbocycles. The highest BCUT2D eigenvalue weighted by molar-refractivity contribution is 6.39. The molecule has 0 radical (unpaired) electrons. The lowest BCUT2D eigenvalue weighted by molar-refractivity contribution is -0.265. The van der Waals surface area contributed by atoms with Crippen molar-refractivity contribution < 1.29 is 58.2 Å². The van der Waals surface area contributed by atoms with E-state index in [4.69, 9.17) is 23.7 Å². The average Bonchev–Trinajstić information content (AvgIpc) is 3.32. The minimum Gasteiger partial charge on any atom is -0.460 e. The maximum atomic E-state index is 14.5. The number of esters is 1. The van der Waals surface area contributed by atoms with Gasteiger partial charge in [-0.15, -0.1) is 5.92 Å². The van der Waals surface area contributed by atoms with Gasteiger partial charge in [-0.05, 0) is 101 Å². The van der Waals surface area contributed by atoms with Crippen molar-refractivity contribution in [2.75, 3.05) is 27.4 Å². The fourth-order valence-corrected chi connectivity index (χ4v) is 10.5. The van der Waals surface area contributed by atoms with Crippen molar-refractivity contribution in [3.05, 3.63) is 47.6 Å². The minimum absolute atomic E-state index is 0.0262. The number of amides is 1. The number of ether oxygens (including phenoxy) is 5. The van der Waals surface area contributed by atoms with Gasteiger partial charge in [0.15, 0.2) is 5.78 Å². The van der Waals surface area contributed by atoms with Crippen LogP contribution in [0.5, 0.6) is 0 Å². The molecule has 382 valence electrons. The molecule has 4 aliphatic rings. The van der Waals surface area contributed by atoms with Crippen LogP contribution in [0.25, 0.3) is 0 Å². The Morgan fingerprint density at radius 1 is 0.868 bits per heavy atom. The number of hydrogen-bond donors (Lipinski definition) is 3. The summed E-state index contributed by atoms with van der Waals surface area (Å²) in [6.45, 7) is 15.3. The number of nitrogens with zero attached hydrogens (tertiary/aromatic N) is 1. The molecule has 13 nitrogen and oxygen atoms in total. The quantitative estimate of drug-likeness (QED) is 0.0979. The SMILES string of the molecule is CCC#CCO[C@H]1C[C@@H]2CC[C@@H](C)[C@@](O)(O2)C(=O)C(=O)N2CCCC[C@H]2C(=O)O[C@H]([C@H](C)CC2CCC[C@H](OC)C2)C[C@H](O)[C@H](C)/C=C(\C)[C@@H](O)[C@@H](OC)C(=O)[C@H](C)C[C@H](C)\C=C/C=C/C=C/1C. The third-order valence-electron chi connectivity index (χ3n) is 14.9. The second kappa shape index (κ2) is 27.8. The van der Waals surface area contributed by atoms with E-state index >= 15 is 0 Å². The highest BCUT2D eigenvalue weighted by Crippen LogP contribution is 2.38. The van der Waals surface area contributed by atoms with E-state index in [2.05, 4.69) is 11.8 Å². The molecule has 68 heavy (non-hydrogen) atoms. The fourth-order valence-electron chi connectivity index (χ4n) is 10.5. The smallest absolute Gasteiger partial charge is 0.329 e. The van der Waals surface area contributed by atoms with Crippen LogP contribution in [0.2, 0.25) is 0 Å². The van der Waals surface area contributed by atoms with E-state index in [0.29, 0.717) is 56.4 Å². The summed E-state index contributed by atoms with van der Waals surface area (Å²) in [5.41, 5.74) is 1.34. The Hall–Kier alpha value is -3.48. The Labute approximate surface area is 407 Å². The molecule has 1 saturated carbocycles. The van der Waals surface area contributed by atoms with Crippen molar-refractivity contribution in [2.24, 2.45) is 35.5 Å². The first kappa shape index (κ1) is 57.1. The van der Waals surface area contributed by atoms with Crippen LogP contribution in [0.1, 0.15) is 145 Å². The van der Waals surface area contributed by atoms with Gasteiger partial charge >= 0.3 is 5.97 Å². The van der Waals surface area contributed by atoms with Crippen LogP contribution < -0.4 is 0 Å². The third kappa shape index (κ3) is 16.0. The zero-order valence-corrected chi connectivity index (χ0v) is 42.8. The highest BCUT2D eigenvalue weighted by Gasteiger charge is 2.53. The zero-order chi connectivity index (χ0) is 50.1. The van der Waals surface area contributed by atoms with Crippen LogP contribution in [0.15, 0.2) is 47.6 Å². The number of piperidine rings is 1. The number of carbonyl (C=O) groups is 4. The van der Waals surface area contributed by atoms with Gasteiger partial charge in [0, 0.05) is 57.8 Å². The molecule has 0 aromatic heterocycles. The second-order valence-electron chi connectivity index (χ2n) is 20.4. The first-order valence-corrected chi connectivity index (χ1v) is 25.5. The Morgan fingerprint density at radius 3 is 2.32 bits per heavy atom. The summed E-state index contributed by atoms with van der Waals surface area (Å²) < 4.78 is 30.2. The topological polar surface area (TPSA) is 178 Å². The van der Waals surface area contributed by atoms with E-state index in [1.165, 1.54) is 12.0 Å². The van der Waals surface area contributed by atoms with Gasteiger partial charge in [0.1, 0.15) is 31.0 Å². The molecule has 13 heteroatoms. The summed E-state index contributed by atoms with van der Waals surface area (Å²) in [5, 5.41) is 35.4. The van der Waals surface area contributed by atoms with Crippen LogP contribution in [0.4, 0.5) is 0 Å². The molecule has 2 bridgehead atoms. The number of cyclic esters (lactones) is 1. The largest absolute Gasteiger partial charge is 0.460 e. The summed E-state index contributed by atoms with van der Waals surface area (Å²) in [6.07, 6.45) is 14.8. The van der Waals surface area contributed by atoms with Crippen molar-refractivity contribution >= 4 is 23.4 Å². The summed E-state index contributed by atoms with van der Waals surface area (Å²) in [6, 6.07) is -1.09. The second-order valence-corrected chi connectivity index (χ2v) is 20.4. The van der Waals surface area contributed by atoms with Crippen LogP contribution in [-0.4, -0.2) is 126 Å². The Bertz CT molecular complexity index is 1850. The number of methoxy groups -OCH3 is 2. The van der Waals surface area contributed by atoms with Gasteiger partial charge in [0.2, 0.25) is 5.79 Å². The van der Waals surface area contributed by atoms with E-state index in [1.54, 1.807) is 27.0 Å².